The number of hydrogen-bond donors (Lipinski definition) is 1. The minimum atomic E-state index is -0.339. The van der Waals surface area contributed by atoms with Gasteiger partial charge in [-0.05, 0) is 35.9 Å². The van der Waals surface area contributed by atoms with Crippen LogP contribution < -0.4 is 5.32 Å². The van der Waals surface area contributed by atoms with Crippen LogP contribution in [0.15, 0.2) is 59.9 Å². The van der Waals surface area contributed by atoms with E-state index in [9.17, 15) is 4.79 Å². The second kappa shape index (κ2) is 9.41. The highest BCUT2D eigenvalue weighted by Crippen LogP contribution is 2.24. The molecule has 0 bridgehead atoms. The predicted molar refractivity (Wildman–Crippen MR) is 117 cm³/mol. The minimum Gasteiger partial charge on any atom is -0.398 e. The van der Waals surface area contributed by atoms with Gasteiger partial charge in [0, 0.05) is 23.8 Å². The van der Waals surface area contributed by atoms with Gasteiger partial charge < -0.3 is 10.2 Å². The van der Waals surface area contributed by atoms with Gasteiger partial charge in [0.25, 0.3) is 5.91 Å². The lowest BCUT2D eigenvalue weighted by molar-refractivity contribution is -0.114. The predicted octanol–water partition coefficient (Wildman–Crippen LogP) is 4.45. The van der Waals surface area contributed by atoms with Gasteiger partial charge in [-0.2, -0.15) is 5.10 Å². The van der Waals surface area contributed by atoms with Crippen LogP contribution in [0.5, 0.6) is 0 Å². The van der Waals surface area contributed by atoms with Crippen LogP contribution in [0.4, 0.5) is 0 Å². The third-order valence-electron chi connectivity index (χ3n) is 4.04. The molecule has 0 aliphatic rings. The van der Waals surface area contributed by atoms with E-state index in [0.29, 0.717) is 15.6 Å². The van der Waals surface area contributed by atoms with E-state index in [-0.39, 0.29) is 11.6 Å². The molecule has 0 radical (unpaired) electrons. The normalized spacial score (nSPS) is 11.7. The third-order valence-corrected chi connectivity index (χ3v) is 4.58. The van der Waals surface area contributed by atoms with E-state index in [1.807, 2.05) is 42.6 Å². The molecule has 0 atom stereocenters. The Hall–Kier alpha value is -3.09. The maximum absolute atomic E-state index is 12.2. The van der Waals surface area contributed by atoms with Gasteiger partial charge in [0.1, 0.15) is 7.11 Å². The number of likely N-dealkylation sites (N-methyl/N-ethyl adjacent to an activating group) is 1. The molecule has 1 heterocycles. The fourth-order valence-electron chi connectivity index (χ4n) is 2.68. The van der Waals surface area contributed by atoms with Gasteiger partial charge in [-0.3, -0.25) is 4.79 Å². The summed E-state index contributed by atoms with van der Waals surface area (Å²) in [6, 6.07) is 14.5. The van der Waals surface area contributed by atoms with Crippen LogP contribution in [0.25, 0.3) is 17.8 Å². The van der Waals surface area contributed by atoms with Crippen LogP contribution in [0.1, 0.15) is 16.8 Å². The number of amides is 1. The molecule has 0 spiro atoms. The molecule has 2 aromatic carbocycles. The number of nitrogens with zero attached hydrogens (tertiary/aromatic N) is 3. The number of carbonyl (C=O) groups excluding carboxylic acids is 1. The van der Waals surface area contributed by atoms with E-state index in [1.54, 1.807) is 36.0 Å². The molecule has 3 aromatic rings. The summed E-state index contributed by atoms with van der Waals surface area (Å²) in [5.41, 5.74) is 3.08. The monoisotopic (exact) mass is 428 g/mol. The highest BCUT2D eigenvalue weighted by molar-refractivity contribution is 6.45. The number of halogens is 2. The number of rotatable bonds is 6. The highest BCUT2D eigenvalue weighted by Gasteiger charge is 2.16. The summed E-state index contributed by atoms with van der Waals surface area (Å²) in [6.45, 7) is 0. The van der Waals surface area contributed by atoms with Gasteiger partial charge in [0.15, 0.2) is 5.71 Å². The molecule has 1 N–H and O–H groups in total. The number of hydrogen-bond acceptors (Lipinski definition) is 4. The Labute approximate surface area is 178 Å². The first-order chi connectivity index (χ1) is 14.0. The smallest absolute Gasteiger partial charge is 0.273 e. The number of nitrogens with one attached hydrogen (secondary N) is 1. The molecule has 0 fully saturated rings. The van der Waals surface area contributed by atoms with Crippen LogP contribution in [-0.4, -0.2) is 35.6 Å². The first kappa shape index (κ1) is 20.6. The molecule has 0 unspecified atom stereocenters. The van der Waals surface area contributed by atoms with E-state index in [2.05, 4.69) is 15.6 Å². The maximum Gasteiger partial charge on any atom is 0.273 e. The van der Waals surface area contributed by atoms with Gasteiger partial charge in [-0.1, -0.05) is 58.7 Å². The van der Waals surface area contributed by atoms with Crippen molar-refractivity contribution < 1.29 is 9.63 Å². The van der Waals surface area contributed by atoms with Crippen molar-refractivity contribution in [3.05, 3.63) is 81.6 Å². The van der Waals surface area contributed by atoms with Gasteiger partial charge in [-0.15, -0.1) is 0 Å². The Morgan fingerprint density at radius 1 is 1.17 bits per heavy atom. The SMILES string of the molecule is CNC(=O)/C(=N/OC)c1ccccc1/C=C/c1ccn(-c2ccc(Cl)cc2Cl)n1. The molecule has 0 saturated carbocycles. The zero-order valence-electron chi connectivity index (χ0n) is 15.8. The Kier molecular flexibility index (Phi) is 6.69. The first-order valence-corrected chi connectivity index (χ1v) is 9.41. The Morgan fingerprint density at radius 2 is 1.97 bits per heavy atom. The highest BCUT2D eigenvalue weighted by atomic mass is 35.5. The van der Waals surface area contributed by atoms with Crippen LogP contribution in [-0.2, 0) is 9.63 Å². The average molecular weight is 429 g/mol. The van der Waals surface area contributed by atoms with Gasteiger partial charge in [-0.25, -0.2) is 4.68 Å². The van der Waals surface area contributed by atoms with E-state index < -0.39 is 0 Å². The molecule has 29 heavy (non-hydrogen) atoms. The summed E-state index contributed by atoms with van der Waals surface area (Å²) in [5.74, 6) is -0.339. The van der Waals surface area contributed by atoms with Crippen LogP contribution in [0, 0.1) is 0 Å². The van der Waals surface area contributed by atoms with Gasteiger partial charge >= 0.3 is 0 Å². The molecule has 1 amide bonds. The largest absolute Gasteiger partial charge is 0.398 e. The molecule has 8 heteroatoms. The number of oxime groups is 1. The lowest BCUT2D eigenvalue weighted by Crippen LogP contribution is -2.29. The molecule has 0 aliphatic carbocycles. The van der Waals surface area contributed by atoms with Gasteiger partial charge in [0.05, 0.1) is 16.4 Å². The van der Waals surface area contributed by atoms with Crippen LogP contribution >= 0.6 is 23.2 Å². The number of carbonyl (C=O) groups is 1. The lowest BCUT2D eigenvalue weighted by atomic mass is 10.0. The van der Waals surface area contributed by atoms with Gasteiger partial charge in [0.2, 0.25) is 0 Å². The third kappa shape index (κ3) is 4.85. The molecule has 6 nitrogen and oxygen atoms in total. The van der Waals surface area contributed by atoms with E-state index in [4.69, 9.17) is 28.0 Å². The average Bonchev–Trinajstić information content (AvgIpc) is 3.19. The van der Waals surface area contributed by atoms with Crippen LogP contribution in [0.3, 0.4) is 0 Å². The van der Waals surface area contributed by atoms with Crippen molar-refractivity contribution in [1.82, 2.24) is 15.1 Å². The Morgan fingerprint density at radius 3 is 2.69 bits per heavy atom. The van der Waals surface area contributed by atoms with E-state index >= 15 is 0 Å². The summed E-state index contributed by atoms with van der Waals surface area (Å²) in [4.78, 5) is 17.0. The molecule has 148 valence electrons. The first-order valence-electron chi connectivity index (χ1n) is 8.65. The number of aromatic nitrogens is 2. The molecular formula is C21H18Cl2N4O2. The topological polar surface area (TPSA) is 68.5 Å². The Balaban J connectivity index is 1.91. The van der Waals surface area contributed by atoms with Crippen molar-refractivity contribution in [2.75, 3.05) is 14.2 Å². The van der Waals surface area contributed by atoms with Crippen molar-refractivity contribution >= 4 is 47.0 Å². The van der Waals surface area contributed by atoms with Crippen molar-refractivity contribution in [3.63, 3.8) is 0 Å². The maximum atomic E-state index is 12.2. The van der Waals surface area contributed by atoms with E-state index in [0.717, 1.165) is 16.9 Å². The molecule has 0 aliphatic heterocycles. The summed E-state index contributed by atoms with van der Waals surface area (Å²) in [6.07, 6.45) is 5.51. The standard InChI is InChI=1S/C21H18Cl2N4O2/c1-24-21(28)20(26-29-2)17-6-4-3-5-14(17)7-9-16-11-12-27(25-16)19-10-8-15(22)13-18(19)23/h3-13H,1-2H3,(H,24,28)/b9-7+,26-20+. The zero-order valence-corrected chi connectivity index (χ0v) is 17.3. The summed E-state index contributed by atoms with van der Waals surface area (Å²) in [5, 5.41) is 12.0. The lowest BCUT2D eigenvalue weighted by Gasteiger charge is -2.07. The molecule has 3 rings (SSSR count). The van der Waals surface area contributed by atoms with E-state index in [1.165, 1.54) is 7.11 Å². The zero-order chi connectivity index (χ0) is 20.8. The molecule has 1 aromatic heterocycles. The quantitative estimate of drug-likeness (QED) is 0.465. The Bertz CT molecular complexity index is 1090. The fourth-order valence-corrected chi connectivity index (χ4v) is 3.18. The second-order valence-electron chi connectivity index (χ2n) is 5.90. The second-order valence-corrected chi connectivity index (χ2v) is 6.75. The fraction of sp³-hybridized carbons (Fsp3) is 0.0952. The summed E-state index contributed by atoms with van der Waals surface area (Å²) < 4.78 is 1.67. The molecule has 0 saturated heterocycles. The van der Waals surface area contributed by atoms with Crippen LogP contribution in [0.2, 0.25) is 10.0 Å². The summed E-state index contributed by atoms with van der Waals surface area (Å²) in [7, 11) is 2.94. The number of benzene rings is 2. The van der Waals surface area contributed by atoms with Crippen molar-refractivity contribution in [2.45, 2.75) is 0 Å². The summed E-state index contributed by atoms with van der Waals surface area (Å²) >= 11 is 12.2. The minimum absolute atomic E-state index is 0.189. The van der Waals surface area contributed by atoms with Crippen molar-refractivity contribution in [2.24, 2.45) is 5.16 Å². The van der Waals surface area contributed by atoms with Crippen molar-refractivity contribution in [1.29, 1.82) is 0 Å². The van der Waals surface area contributed by atoms with Crippen molar-refractivity contribution in [3.8, 4) is 5.69 Å². The molecular weight excluding hydrogens is 411 g/mol.